The number of carbonyl (C=O) groups is 1. The average molecular weight is 142 g/mol. The Bertz CT molecular complexity index is 207. The van der Waals surface area contributed by atoms with Crippen LogP contribution in [0.5, 0.6) is 6.01 Å². The summed E-state index contributed by atoms with van der Waals surface area (Å²) in [4.78, 5) is 13.7. The zero-order valence-corrected chi connectivity index (χ0v) is 5.07. The summed E-state index contributed by atoms with van der Waals surface area (Å²) in [5.41, 5.74) is 4.78. The highest BCUT2D eigenvalue weighted by Crippen LogP contribution is 1.93. The number of rotatable bonds is 3. The molecule has 1 heterocycles. The molecule has 1 rings (SSSR count). The highest BCUT2D eigenvalue weighted by molar-refractivity contribution is 5.75. The van der Waals surface area contributed by atoms with Gasteiger partial charge in [0.15, 0.2) is 6.61 Å². The van der Waals surface area contributed by atoms with Gasteiger partial charge in [-0.1, -0.05) is 0 Å². The molecule has 0 radical (unpaired) electrons. The number of hydrogen-bond acceptors (Lipinski definition) is 4. The van der Waals surface area contributed by atoms with Crippen LogP contribution in [-0.2, 0) is 4.79 Å². The molecule has 0 aliphatic rings. The Morgan fingerprint density at radius 1 is 1.90 bits per heavy atom. The van der Waals surface area contributed by atoms with Gasteiger partial charge in [0.25, 0.3) is 5.91 Å². The monoisotopic (exact) mass is 142 g/mol. The van der Waals surface area contributed by atoms with Crippen molar-refractivity contribution in [2.45, 2.75) is 0 Å². The maximum absolute atomic E-state index is 10.1. The predicted octanol–water partition coefficient (Wildman–Crippen LogP) is -1.33. The van der Waals surface area contributed by atoms with E-state index in [9.17, 15) is 4.79 Å². The van der Waals surface area contributed by atoms with Crippen LogP contribution in [0.15, 0.2) is 6.33 Å². The molecule has 1 aromatic heterocycles. The molecular formula is C4H6N4O2. The van der Waals surface area contributed by atoms with Crippen molar-refractivity contribution in [3.63, 3.8) is 0 Å². The minimum absolute atomic E-state index is 0.185. The van der Waals surface area contributed by atoms with Gasteiger partial charge in [-0.2, -0.15) is 10.1 Å². The van der Waals surface area contributed by atoms with Crippen LogP contribution in [0.3, 0.4) is 0 Å². The molecular weight excluding hydrogens is 136 g/mol. The van der Waals surface area contributed by atoms with Gasteiger partial charge in [-0.05, 0) is 0 Å². The Hall–Kier alpha value is -1.59. The minimum atomic E-state index is -0.545. The lowest BCUT2D eigenvalue weighted by atomic mass is 10.7. The van der Waals surface area contributed by atoms with Crippen molar-refractivity contribution in [1.82, 2.24) is 15.2 Å². The van der Waals surface area contributed by atoms with Gasteiger partial charge in [0, 0.05) is 0 Å². The van der Waals surface area contributed by atoms with Crippen LogP contribution >= 0.6 is 0 Å². The van der Waals surface area contributed by atoms with Crippen LogP contribution in [0.4, 0.5) is 0 Å². The lowest BCUT2D eigenvalue weighted by molar-refractivity contribution is -0.120. The zero-order valence-electron chi connectivity index (χ0n) is 5.07. The van der Waals surface area contributed by atoms with Gasteiger partial charge in [-0.25, -0.2) is 5.10 Å². The molecule has 0 aliphatic heterocycles. The molecule has 0 spiro atoms. The summed E-state index contributed by atoms with van der Waals surface area (Å²) in [6.07, 6.45) is 1.27. The number of hydrogen-bond donors (Lipinski definition) is 2. The highest BCUT2D eigenvalue weighted by Gasteiger charge is 1.97. The van der Waals surface area contributed by atoms with E-state index in [0.717, 1.165) is 0 Å². The fourth-order valence-corrected chi connectivity index (χ4v) is 0.403. The standard InChI is InChI=1S/C4H6N4O2/c5-3(9)1-10-4-6-2-7-8-4/h2H,1H2,(H2,5,9)(H,6,7,8). The van der Waals surface area contributed by atoms with Crippen LogP contribution in [0.1, 0.15) is 0 Å². The second kappa shape index (κ2) is 2.81. The summed E-state index contributed by atoms with van der Waals surface area (Å²) in [5, 5.41) is 5.89. The first kappa shape index (κ1) is 6.53. The van der Waals surface area contributed by atoms with E-state index in [1.165, 1.54) is 6.33 Å². The Balaban J connectivity index is 2.35. The summed E-state index contributed by atoms with van der Waals surface area (Å²) in [5.74, 6) is -0.545. The number of aromatic nitrogens is 3. The van der Waals surface area contributed by atoms with Gasteiger partial charge in [0.1, 0.15) is 6.33 Å². The SMILES string of the molecule is NC(=O)COc1ncn[nH]1. The number of carbonyl (C=O) groups excluding carboxylic acids is 1. The van der Waals surface area contributed by atoms with Gasteiger partial charge in [-0.3, -0.25) is 4.79 Å². The van der Waals surface area contributed by atoms with Crippen molar-refractivity contribution in [3.05, 3.63) is 6.33 Å². The molecule has 0 unspecified atom stereocenters. The number of nitrogens with one attached hydrogen (secondary N) is 1. The number of ether oxygens (including phenoxy) is 1. The summed E-state index contributed by atoms with van der Waals surface area (Å²) in [7, 11) is 0. The summed E-state index contributed by atoms with van der Waals surface area (Å²) >= 11 is 0. The molecule has 1 amide bonds. The van der Waals surface area contributed by atoms with Gasteiger partial charge in [-0.15, -0.1) is 0 Å². The molecule has 6 heteroatoms. The summed E-state index contributed by atoms with van der Waals surface area (Å²) in [6.45, 7) is -0.185. The smallest absolute Gasteiger partial charge is 0.312 e. The third kappa shape index (κ3) is 1.73. The Morgan fingerprint density at radius 3 is 3.20 bits per heavy atom. The highest BCUT2D eigenvalue weighted by atomic mass is 16.5. The van der Waals surface area contributed by atoms with Crippen LogP contribution < -0.4 is 10.5 Å². The first-order chi connectivity index (χ1) is 4.79. The molecule has 0 atom stereocenters. The molecule has 3 N–H and O–H groups in total. The van der Waals surface area contributed by atoms with E-state index in [-0.39, 0.29) is 12.6 Å². The summed E-state index contributed by atoms with van der Waals surface area (Å²) < 4.78 is 4.70. The number of aromatic amines is 1. The maximum Gasteiger partial charge on any atom is 0.312 e. The molecule has 6 nitrogen and oxygen atoms in total. The van der Waals surface area contributed by atoms with Gasteiger partial charge >= 0.3 is 6.01 Å². The topological polar surface area (TPSA) is 93.9 Å². The van der Waals surface area contributed by atoms with E-state index in [2.05, 4.69) is 15.2 Å². The van der Waals surface area contributed by atoms with E-state index in [1.807, 2.05) is 0 Å². The van der Waals surface area contributed by atoms with Gasteiger partial charge in [0.2, 0.25) is 0 Å². The van der Waals surface area contributed by atoms with Crippen LogP contribution in [-0.4, -0.2) is 27.7 Å². The maximum atomic E-state index is 10.1. The number of amides is 1. The third-order valence-electron chi connectivity index (χ3n) is 0.744. The number of nitrogens with two attached hydrogens (primary N) is 1. The first-order valence-electron chi connectivity index (χ1n) is 2.55. The lowest BCUT2D eigenvalue weighted by Gasteiger charge is -1.94. The van der Waals surface area contributed by atoms with Crippen molar-refractivity contribution in [2.24, 2.45) is 5.73 Å². The van der Waals surface area contributed by atoms with E-state index < -0.39 is 5.91 Å². The molecule has 0 aliphatic carbocycles. The van der Waals surface area contributed by atoms with Crippen LogP contribution in [0.2, 0.25) is 0 Å². The summed E-state index contributed by atoms with van der Waals surface area (Å²) in [6, 6.07) is 0.193. The Morgan fingerprint density at radius 2 is 2.70 bits per heavy atom. The second-order valence-corrected chi connectivity index (χ2v) is 1.55. The largest absolute Gasteiger partial charge is 0.454 e. The molecule has 0 fully saturated rings. The van der Waals surface area contributed by atoms with Crippen molar-refractivity contribution >= 4 is 5.91 Å². The Kier molecular flexibility index (Phi) is 1.83. The number of nitrogens with zero attached hydrogens (tertiary/aromatic N) is 2. The Labute approximate surface area is 56.4 Å². The van der Waals surface area contributed by atoms with Gasteiger partial charge in [0.05, 0.1) is 0 Å². The van der Waals surface area contributed by atoms with Crippen molar-refractivity contribution in [3.8, 4) is 6.01 Å². The van der Waals surface area contributed by atoms with Crippen molar-refractivity contribution in [2.75, 3.05) is 6.61 Å². The molecule has 1 aromatic rings. The van der Waals surface area contributed by atoms with Crippen LogP contribution in [0, 0.1) is 0 Å². The van der Waals surface area contributed by atoms with Crippen LogP contribution in [0.25, 0.3) is 0 Å². The number of primary amides is 1. The predicted molar refractivity (Wildman–Crippen MR) is 31.1 cm³/mol. The van der Waals surface area contributed by atoms with Crippen molar-refractivity contribution in [1.29, 1.82) is 0 Å². The number of H-pyrrole nitrogens is 1. The molecule has 0 saturated carbocycles. The van der Waals surface area contributed by atoms with E-state index in [4.69, 9.17) is 10.5 Å². The molecule has 0 bridgehead atoms. The first-order valence-corrected chi connectivity index (χ1v) is 2.55. The molecule has 0 aromatic carbocycles. The average Bonchev–Trinajstić information content (AvgIpc) is 2.34. The normalized spacial score (nSPS) is 9.20. The van der Waals surface area contributed by atoms with E-state index in [1.54, 1.807) is 0 Å². The van der Waals surface area contributed by atoms with Crippen molar-refractivity contribution < 1.29 is 9.53 Å². The molecule has 10 heavy (non-hydrogen) atoms. The fourth-order valence-electron chi connectivity index (χ4n) is 0.403. The second-order valence-electron chi connectivity index (χ2n) is 1.55. The molecule has 0 saturated heterocycles. The third-order valence-corrected chi connectivity index (χ3v) is 0.744. The van der Waals surface area contributed by atoms with E-state index >= 15 is 0 Å². The zero-order chi connectivity index (χ0) is 7.40. The van der Waals surface area contributed by atoms with E-state index in [0.29, 0.717) is 0 Å². The quantitative estimate of drug-likeness (QED) is 0.546. The van der Waals surface area contributed by atoms with Gasteiger partial charge < -0.3 is 10.5 Å². The lowest BCUT2D eigenvalue weighted by Crippen LogP contribution is -2.20. The molecule has 54 valence electrons. The fraction of sp³-hybridized carbons (Fsp3) is 0.250. The minimum Gasteiger partial charge on any atom is -0.454 e.